The molecule has 1 aliphatic heterocycles. The van der Waals surface area contributed by atoms with Gasteiger partial charge in [-0.1, -0.05) is 35.5 Å². The molecule has 130 valence electrons. The van der Waals surface area contributed by atoms with E-state index in [9.17, 15) is 5.11 Å². The zero-order chi connectivity index (χ0) is 17.0. The highest BCUT2D eigenvalue weighted by molar-refractivity contribution is 5.21. The maximum absolute atomic E-state index is 10.7. The molecule has 0 radical (unpaired) electrons. The molecule has 3 rings (SSSR count). The van der Waals surface area contributed by atoms with Crippen LogP contribution in [-0.2, 0) is 12.1 Å². The van der Waals surface area contributed by atoms with Gasteiger partial charge in [0, 0.05) is 26.1 Å². The van der Waals surface area contributed by atoms with Crippen LogP contribution in [0.2, 0.25) is 0 Å². The second kappa shape index (κ2) is 7.42. The second-order valence-electron chi connectivity index (χ2n) is 6.82. The van der Waals surface area contributed by atoms with Crippen LogP contribution < -0.4 is 5.32 Å². The quantitative estimate of drug-likeness (QED) is 0.842. The zero-order valence-corrected chi connectivity index (χ0v) is 14.4. The molecule has 2 atom stereocenters. The third kappa shape index (κ3) is 4.41. The molecule has 0 spiro atoms. The average Bonchev–Trinajstić information content (AvgIpc) is 2.99. The number of aryl methyl sites for hydroxylation is 1. The topological polar surface area (TPSA) is 74.4 Å². The van der Waals surface area contributed by atoms with Gasteiger partial charge in [0.1, 0.15) is 0 Å². The van der Waals surface area contributed by atoms with Gasteiger partial charge < -0.3 is 14.9 Å². The van der Waals surface area contributed by atoms with E-state index in [4.69, 9.17) is 4.52 Å². The van der Waals surface area contributed by atoms with Crippen LogP contribution in [0.15, 0.2) is 34.9 Å². The summed E-state index contributed by atoms with van der Waals surface area (Å²) in [4.78, 5) is 6.61. The number of nitrogens with one attached hydrogen (secondary N) is 1. The van der Waals surface area contributed by atoms with Crippen molar-refractivity contribution in [3.63, 3.8) is 0 Å². The number of rotatable bonds is 6. The van der Waals surface area contributed by atoms with Crippen LogP contribution in [0.25, 0.3) is 0 Å². The fourth-order valence-electron chi connectivity index (χ4n) is 3.21. The van der Waals surface area contributed by atoms with E-state index in [1.807, 2.05) is 44.2 Å². The monoisotopic (exact) mass is 330 g/mol. The highest BCUT2D eigenvalue weighted by Gasteiger charge is 2.26. The van der Waals surface area contributed by atoms with Gasteiger partial charge >= 0.3 is 0 Å². The van der Waals surface area contributed by atoms with Crippen LogP contribution in [0.4, 0.5) is 0 Å². The van der Waals surface area contributed by atoms with Crippen LogP contribution in [-0.4, -0.2) is 45.8 Å². The largest absolute Gasteiger partial charge is 0.384 e. The normalized spacial score (nSPS) is 21.5. The van der Waals surface area contributed by atoms with Crippen LogP contribution in [0.5, 0.6) is 0 Å². The Labute approximate surface area is 142 Å². The van der Waals surface area contributed by atoms with E-state index in [0.717, 1.165) is 37.3 Å². The molecule has 6 nitrogen and oxygen atoms in total. The predicted molar refractivity (Wildman–Crippen MR) is 91.3 cm³/mol. The lowest BCUT2D eigenvalue weighted by molar-refractivity contribution is 0.0487. The van der Waals surface area contributed by atoms with Gasteiger partial charge in [-0.15, -0.1) is 0 Å². The Morgan fingerprint density at radius 3 is 2.88 bits per heavy atom. The van der Waals surface area contributed by atoms with Gasteiger partial charge in [-0.05, 0) is 31.9 Å². The molecular formula is C18H26N4O2. The highest BCUT2D eigenvalue weighted by Crippen LogP contribution is 2.20. The van der Waals surface area contributed by atoms with Gasteiger partial charge in [-0.3, -0.25) is 4.90 Å². The lowest BCUT2D eigenvalue weighted by Gasteiger charge is -2.34. The summed E-state index contributed by atoms with van der Waals surface area (Å²) in [6, 6.07) is 10.2. The number of hydrogen-bond acceptors (Lipinski definition) is 6. The van der Waals surface area contributed by atoms with Crippen molar-refractivity contribution in [2.75, 3.05) is 19.6 Å². The summed E-state index contributed by atoms with van der Waals surface area (Å²) in [6.45, 7) is 6.89. The van der Waals surface area contributed by atoms with Crippen LogP contribution in [0.1, 0.15) is 37.0 Å². The fraction of sp³-hybridized carbons (Fsp3) is 0.556. The Morgan fingerprint density at radius 1 is 1.38 bits per heavy atom. The third-order valence-corrected chi connectivity index (χ3v) is 4.57. The molecule has 24 heavy (non-hydrogen) atoms. The van der Waals surface area contributed by atoms with E-state index in [0.29, 0.717) is 25.0 Å². The van der Waals surface area contributed by atoms with Gasteiger partial charge in [0.2, 0.25) is 5.89 Å². The molecular weight excluding hydrogens is 304 g/mol. The number of piperidine rings is 1. The molecule has 0 bridgehead atoms. The Morgan fingerprint density at radius 2 is 2.17 bits per heavy atom. The number of aliphatic hydroxyl groups is 1. The van der Waals surface area contributed by atoms with E-state index >= 15 is 0 Å². The zero-order valence-electron chi connectivity index (χ0n) is 14.4. The Bertz CT molecular complexity index is 641. The van der Waals surface area contributed by atoms with Crippen molar-refractivity contribution >= 4 is 0 Å². The summed E-state index contributed by atoms with van der Waals surface area (Å²) >= 11 is 0. The van der Waals surface area contributed by atoms with Gasteiger partial charge in [0.15, 0.2) is 5.82 Å². The average molecular weight is 330 g/mol. The van der Waals surface area contributed by atoms with E-state index in [2.05, 4.69) is 20.4 Å². The molecule has 2 aromatic rings. The van der Waals surface area contributed by atoms with E-state index in [1.54, 1.807) is 0 Å². The van der Waals surface area contributed by atoms with Crippen molar-refractivity contribution in [3.05, 3.63) is 47.6 Å². The molecule has 0 saturated carbocycles. The third-order valence-electron chi connectivity index (χ3n) is 4.57. The maximum Gasteiger partial charge on any atom is 0.223 e. The number of likely N-dealkylation sites (tertiary alicyclic amines) is 1. The van der Waals surface area contributed by atoms with E-state index in [1.165, 1.54) is 0 Å². The molecule has 1 aromatic carbocycles. The number of nitrogens with zero attached hydrogens (tertiary/aromatic N) is 3. The van der Waals surface area contributed by atoms with Gasteiger partial charge in [0.25, 0.3) is 0 Å². The first-order valence-corrected chi connectivity index (χ1v) is 8.56. The molecule has 1 saturated heterocycles. The van der Waals surface area contributed by atoms with Crippen molar-refractivity contribution in [3.8, 4) is 0 Å². The number of aromatic nitrogens is 2. The van der Waals surface area contributed by atoms with Crippen LogP contribution in [0.3, 0.4) is 0 Å². The molecule has 0 unspecified atom stereocenters. The number of benzene rings is 1. The van der Waals surface area contributed by atoms with E-state index < -0.39 is 5.60 Å². The molecule has 2 heterocycles. The van der Waals surface area contributed by atoms with Gasteiger partial charge in [-0.2, -0.15) is 4.98 Å². The molecule has 1 aromatic heterocycles. The fourth-order valence-corrected chi connectivity index (χ4v) is 3.21. The maximum atomic E-state index is 10.7. The summed E-state index contributed by atoms with van der Waals surface area (Å²) in [5.41, 5.74) is 0.0707. The first kappa shape index (κ1) is 17.1. The molecule has 1 fully saturated rings. The van der Waals surface area contributed by atoms with Crippen molar-refractivity contribution in [1.29, 1.82) is 0 Å². The molecule has 2 N–H and O–H groups in total. The van der Waals surface area contributed by atoms with Crippen LogP contribution in [0, 0.1) is 6.92 Å². The molecule has 1 aliphatic rings. The highest BCUT2D eigenvalue weighted by atomic mass is 16.5. The lowest BCUT2D eigenvalue weighted by atomic mass is 9.95. The Balaban J connectivity index is 1.52. The summed E-state index contributed by atoms with van der Waals surface area (Å²) < 4.78 is 5.04. The van der Waals surface area contributed by atoms with E-state index in [-0.39, 0.29) is 0 Å². The molecule has 0 aliphatic carbocycles. The van der Waals surface area contributed by atoms with Gasteiger partial charge in [0.05, 0.1) is 12.1 Å². The second-order valence-corrected chi connectivity index (χ2v) is 6.82. The summed E-state index contributed by atoms with van der Waals surface area (Å²) in [6.07, 6.45) is 2.24. The summed E-state index contributed by atoms with van der Waals surface area (Å²) in [5, 5.41) is 18.2. The predicted octanol–water partition coefficient (Wildman–Crippen LogP) is 1.84. The van der Waals surface area contributed by atoms with Crippen molar-refractivity contribution in [2.45, 2.75) is 44.9 Å². The lowest BCUT2D eigenvalue weighted by Crippen LogP contribution is -2.49. The standard InChI is InChI=1S/C18H26N4O2/c1-14-20-17(21-24-14)12-22-10-6-9-16(11-22)19-13-18(2,23)15-7-4-3-5-8-15/h3-5,7-8,16,19,23H,6,9-13H2,1-2H3/t16-,18+/m0/s1. The first-order chi connectivity index (χ1) is 11.5. The molecule has 0 amide bonds. The van der Waals surface area contributed by atoms with Crippen molar-refractivity contribution in [1.82, 2.24) is 20.4 Å². The minimum absolute atomic E-state index is 0.363. The van der Waals surface area contributed by atoms with Gasteiger partial charge in [-0.25, -0.2) is 0 Å². The van der Waals surface area contributed by atoms with Crippen molar-refractivity contribution in [2.24, 2.45) is 0 Å². The minimum atomic E-state index is -0.867. The van der Waals surface area contributed by atoms with Crippen LogP contribution >= 0.6 is 0 Å². The minimum Gasteiger partial charge on any atom is -0.384 e. The molecule has 6 heteroatoms. The SMILES string of the molecule is Cc1nc(CN2CCC[C@H](NC[C@@](C)(O)c3ccccc3)C2)no1. The van der Waals surface area contributed by atoms with Crippen molar-refractivity contribution < 1.29 is 9.63 Å². The Hall–Kier alpha value is -1.76. The number of hydrogen-bond donors (Lipinski definition) is 2. The summed E-state index contributed by atoms with van der Waals surface area (Å²) in [7, 11) is 0. The summed E-state index contributed by atoms with van der Waals surface area (Å²) in [5.74, 6) is 1.35. The first-order valence-electron chi connectivity index (χ1n) is 8.56. The smallest absolute Gasteiger partial charge is 0.223 e. The Kier molecular flexibility index (Phi) is 5.28.